The van der Waals surface area contributed by atoms with Gasteiger partial charge in [0, 0.05) is 36.0 Å². The van der Waals surface area contributed by atoms with Gasteiger partial charge in [-0.2, -0.15) is 0 Å². The lowest BCUT2D eigenvalue weighted by molar-refractivity contribution is -0.148. The van der Waals surface area contributed by atoms with Gasteiger partial charge in [0.25, 0.3) is 0 Å². The number of aromatic nitrogens is 1. The number of amides is 2. The van der Waals surface area contributed by atoms with E-state index in [2.05, 4.69) is 16.4 Å². The molecule has 8 heteroatoms. The fraction of sp³-hybridized carbons (Fsp3) is 0.393. The molecule has 7 atom stereocenters. The van der Waals surface area contributed by atoms with E-state index >= 15 is 0 Å². The number of Topliss-reactive ketones (excluding diaryl/α,β-unsaturated/α-hetero) is 1. The van der Waals surface area contributed by atoms with Crippen molar-refractivity contribution in [2.45, 2.75) is 43.6 Å². The molecule has 2 amide bonds. The van der Waals surface area contributed by atoms with Crippen molar-refractivity contribution >= 4 is 28.5 Å². The SMILES string of the molecule is CC1C(=O)CC(c2ccco2)N2C(=O)[C@@H]3[C@H](C(=O)NCCc4c[nH]c5ccccc45)C4C=C[C@@]3(O4)C12. The second-order valence-corrected chi connectivity index (χ2v) is 10.4. The summed E-state index contributed by atoms with van der Waals surface area (Å²) in [7, 11) is 0. The van der Waals surface area contributed by atoms with Crippen molar-refractivity contribution in [1.82, 2.24) is 15.2 Å². The van der Waals surface area contributed by atoms with Crippen LogP contribution in [0, 0.1) is 17.8 Å². The molecule has 2 bridgehead atoms. The minimum atomic E-state index is -0.971. The molecular formula is C28H27N3O5. The normalized spacial score (nSPS) is 34.4. The number of hydrogen-bond donors (Lipinski definition) is 2. The van der Waals surface area contributed by atoms with E-state index in [0.29, 0.717) is 18.7 Å². The Labute approximate surface area is 207 Å². The summed E-state index contributed by atoms with van der Waals surface area (Å²) in [5, 5.41) is 4.20. The summed E-state index contributed by atoms with van der Waals surface area (Å²) >= 11 is 0. The Morgan fingerprint density at radius 1 is 1.22 bits per heavy atom. The summed E-state index contributed by atoms with van der Waals surface area (Å²) in [4.78, 5) is 45.5. The molecule has 3 saturated heterocycles. The van der Waals surface area contributed by atoms with Crippen LogP contribution in [0.3, 0.4) is 0 Å². The largest absolute Gasteiger partial charge is 0.467 e. The average Bonchev–Trinajstić information content (AvgIpc) is 3.69. The number of rotatable bonds is 5. The third-order valence-corrected chi connectivity index (χ3v) is 8.62. The quantitative estimate of drug-likeness (QED) is 0.541. The number of carbonyl (C=O) groups excluding carboxylic acids is 3. The average molecular weight is 486 g/mol. The standard InChI is InChI=1S/C28H27N3O5/c1-15-20(32)13-19(21-7-4-12-35-21)31-25(15)28-10-8-22(36-28)23(24(28)27(31)34)26(33)29-11-9-16-14-30-18-6-3-2-5-17(16)18/h2-8,10,12,14-15,19,22-25,30H,9,11,13H2,1H3,(H,29,33)/t15?,19?,22?,23-,24+,25?,28+/m1/s1. The van der Waals surface area contributed by atoms with Gasteiger partial charge in [-0.15, -0.1) is 0 Å². The Kier molecular flexibility index (Phi) is 4.61. The Bertz CT molecular complexity index is 1410. The molecule has 3 fully saturated rings. The Hall–Kier alpha value is -3.65. The Morgan fingerprint density at radius 2 is 2.08 bits per heavy atom. The van der Waals surface area contributed by atoms with Gasteiger partial charge in [-0.3, -0.25) is 14.4 Å². The van der Waals surface area contributed by atoms with Gasteiger partial charge in [0.05, 0.1) is 36.3 Å². The maximum absolute atomic E-state index is 14.0. The lowest BCUT2D eigenvalue weighted by Crippen LogP contribution is -2.55. The van der Waals surface area contributed by atoms with Crippen molar-refractivity contribution in [3.05, 3.63) is 72.3 Å². The molecule has 3 aromatic rings. The van der Waals surface area contributed by atoms with E-state index in [1.807, 2.05) is 43.5 Å². The molecule has 4 aliphatic rings. The van der Waals surface area contributed by atoms with Crippen molar-refractivity contribution in [2.75, 3.05) is 6.54 Å². The molecule has 6 heterocycles. The maximum Gasteiger partial charge on any atom is 0.230 e. The topological polar surface area (TPSA) is 105 Å². The summed E-state index contributed by atoms with van der Waals surface area (Å²) in [5.41, 5.74) is 1.23. The second-order valence-electron chi connectivity index (χ2n) is 10.4. The number of furan rings is 1. The third kappa shape index (κ3) is 2.82. The van der Waals surface area contributed by atoms with Crippen molar-refractivity contribution < 1.29 is 23.5 Å². The van der Waals surface area contributed by atoms with Gasteiger partial charge in [0.2, 0.25) is 11.8 Å². The molecule has 4 unspecified atom stereocenters. The van der Waals surface area contributed by atoms with E-state index in [1.165, 1.54) is 0 Å². The van der Waals surface area contributed by atoms with Gasteiger partial charge in [-0.25, -0.2) is 0 Å². The van der Waals surface area contributed by atoms with Crippen LogP contribution in [-0.2, 0) is 25.5 Å². The van der Waals surface area contributed by atoms with Crippen LogP contribution in [-0.4, -0.2) is 51.8 Å². The van der Waals surface area contributed by atoms with Crippen molar-refractivity contribution in [1.29, 1.82) is 0 Å². The summed E-state index contributed by atoms with van der Waals surface area (Å²) in [6, 6.07) is 10.7. The first-order chi connectivity index (χ1) is 17.5. The van der Waals surface area contributed by atoms with Crippen LogP contribution in [0.4, 0.5) is 0 Å². The molecule has 0 radical (unpaired) electrons. The minimum Gasteiger partial charge on any atom is -0.467 e. The predicted octanol–water partition coefficient (Wildman–Crippen LogP) is 2.92. The molecule has 0 aliphatic carbocycles. The molecule has 8 nitrogen and oxygen atoms in total. The fourth-order valence-electron chi connectivity index (χ4n) is 7.04. The number of carbonyl (C=O) groups is 3. The van der Waals surface area contributed by atoms with Crippen LogP contribution >= 0.6 is 0 Å². The van der Waals surface area contributed by atoms with Crippen molar-refractivity contribution in [3.63, 3.8) is 0 Å². The fourth-order valence-corrected chi connectivity index (χ4v) is 7.04. The first kappa shape index (κ1) is 21.6. The highest BCUT2D eigenvalue weighted by molar-refractivity contribution is 5.96. The zero-order chi connectivity index (χ0) is 24.6. The third-order valence-electron chi connectivity index (χ3n) is 8.62. The van der Waals surface area contributed by atoms with Gasteiger partial charge in [0.15, 0.2) is 0 Å². The summed E-state index contributed by atoms with van der Waals surface area (Å²) in [6.07, 6.45) is 7.75. The molecule has 2 aromatic heterocycles. The maximum atomic E-state index is 14.0. The van der Waals surface area contributed by atoms with Gasteiger partial charge >= 0.3 is 0 Å². The molecule has 36 heavy (non-hydrogen) atoms. The molecule has 184 valence electrons. The van der Waals surface area contributed by atoms with Gasteiger partial charge < -0.3 is 24.4 Å². The highest BCUT2D eigenvalue weighted by Gasteiger charge is 2.74. The number of aromatic amines is 1. The second kappa shape index (κ2) is 7.67. The zero-order valence-electron chi connectivity index (χ0n) is 19.8. The van der Waals surface area contributed by atoms with Crippen LogP contribution in [0.5, 0.6) is 0 Å². The number of ketones is 1. The van der Waals surface area contributed by atoms with Crippen LogP contribution in [0.2, 0.25) is 0 Å². The number of benzene rings is 1. The minimum absolute atomic E-state index is 0.0764. The smallest absolute Gasteiger partial charge is 0.230 e. The zero-order valence-corrected chi connectivity index (χ0v) is 19.8. The van der Waals surface area contributed by atoms with Crippen molar-refractivity contribution in [2.24, 2.45) is 17.8 Å². The molecule has 0 saturated carbocycles. The lowest BCUT2D eigenvalue weighted by Gasteiger charge is -2.43. The van der Waals surface area contributed by atoms with Gasteiger partial charge in [-0.05, 0) is 30.2 Å². The molecular weight excluding hydrogens is 458 g/mol. The first-order valence-electron chi connectivity index (χ1n) is 12.6. The molecule has 1 spiro atoms. The van der Waals surface area contributed by atoms with Crippen LogP contribution in [0.25, 0.3) is 10.9 Å². The van der Waals surface area contributed by atoms with Crippen LogP contribution in [0.15, 0.2) is 65.4 Å². The number of H-pyrrole nitrogens is 1. The Morgan fingerprint density at radius 3 is 2.92 bits per heavy atom. The van der Waals surface area contributed by atoms with Crippen LogP contribution < -0.4 is 5.32 Å². The molecule has 2 N–H and O–H groups in total. The summed E-state index contributed by atoms with van der Waals surface area (Å²) in [5.74, 6) is -1.33. The highest BCUT2D eigenvalue weighted by Crippen LogP contribution is 2.59. The number of nitrogens with one attached hydrogen (secondary N) is 2. The monoisotopic (exact) mass is 485 g/mol. The van der Waals surface area contributed by atoms with E-state index in [9.17, 15) is 14.4 Å². The molecule has 4 aliphatic heterocycles. The van der Waals surface area contributed by atoms with E-state index in [1.54, 1.807) is 23.3 Å². The predicted molar refractivity (Wildman–Crippen MR) is 130 cm³/mol. The molecule has 7 rings (SSSR count). The number of piperidine rings is 1. The van der Waals surface area contributed by atoms with E-state index < -0.39 is 41.5 Å². The van der Waals surface area contributed by atoms with E-state index in [0.717, 1.165) is 16.5 Å². The summed E-state index contributed by atoms with van der Waals surface area (Å²) in [6.45, 7) is 2.32. The van der Waals surface area contributed by atoms with Crippen LogP contribution in [0.1, 0.15) is 30.7 Å². The lowest BCUT2D eigenvalue weighted by atomic mass is 9.70. The highest BCUT2D eigenvalue weighted by atomic mass is 16.5. The van der Waals surface area contributed by atoms with Crippen molar-refractivity contribution in [3.8, 4) is 0 Å². The Balaban J connectivity index is 1.15. The number of nitrogens with zero attached hydrogens (tertiary/aromatic N) is 1. The number of ether oxygens (including phenoxy) is 1. The van der Waals surface area contributed by atoms with Gasteiger partial charge in [-0.1, -0.05) is 37.3 Å². The first-order valence-corrected chi connectivity index (χ1v) is 12.6. The molecule has 1 aromatic carbocycles. The van der Waals surface area contributed by atoms with Gasteiger partial charge in [0.1, 0.15) is 17.1 Å². The van der Waals surface area contributed by atoms with E-state index in [-0.39, 0.29) is 24.0 Å². The number of hydrogen-bond acceptors (Lipinski definition) is 5. The number of fused-ring (bicyclic) bond motifs is 3. The summed E-state index contributed by atoms with van der Waals surface area (Å²) < 4.78 is 12.0. The van der Waals surface area contributed by atoms with E-state index in [4.69, 9.17) is 9.15 Å². The number of para-hydroxylation sites is 1.